The van der Waals surface area contributed by atoms with E-state index in [1.54, 1.807) is 0 Å². The van der Waals surface area contributed by atoms with Gasteiger partial charge in [-0.2, -0.15) is 0 Å². The fourth-order valence-electron chi connectivity index (χ4n) is 1.06. The van der Waals surface area contributed by atoms with Gasteiger partial charge in [-0.25, -0.2) is 0 Å². The van der Waals surface area contributed by atoms with Crippen molar-refractivity contribution in [3.05, 3.63) is 24.3 Å². The predicted octanol–water partition coefficient (Wildman–Crippen LogP) is 2.88. The quantitative estimate of drug-likeness (QED) is 0.626. The van der Waals surface area contributed by atoms with E-state index < -0.39 is 0 Å². The smallest absolute Gasteiger partial charge is 0.0256 e. The first-order chi connectivity index (χ1) is 5.59. The first-order valence-electron chi connectivity index (χ1n) is 4.65. The van der Waals surface area contributed by atoms with Crippen molar-refractivity contribution in [2.24, 2.45) is 11.7 Å². The molecule has 0 heterocycles. The topological polar surface area (TPSA) is 26.0 Å². The van der Waals surface area contributed by atoms with Crippen molar-refractivity contribution in [2.45, 2.75) is 39.7 Å². The molecule has 1 atom stereocenters. The van der Waals surface area contributed by atoms with E-state index in [0.717, 1.165) is 12.8 Å². The van der Waals surface area contributed by atoms with Gasteiger partial charge >= 0.3 is 0 Å². The molecule has 70 valence electrons. The van der Waals surface area contributed by atoms with Gasteiger partial charge in [-0.15, -0.1) is 0 Å². The number of rotatable bonds is 5. The van der Waals surface area contributed by atoms with Crippen molar-refractivity contribution >= 4 is 0 Å². The Labute approximate surface area is 76.3 Å². The molecule has 1 heteroatoms. The summed E-state index contributed by atoms with van der Waals surface area (Å²) in [6, 6.07) is 0.168. The van der Waals surface area contributed by atoms with Gasteiger partial charge in [-0.3, -0.25) is 0 Å². The first kappa shape index (κ1) is 11.4. The molecule has 1 unspecified atom stereocenters. The molecule has 0 aromatic carbocycles. The Bertz CT molecular complexity index is 156. The summed E-state index contributed by atoms with van der Waals surface area (Å²) in [5.74, 6) is 0.505. The third-order valence-electron chi connectivity index (χ3n) is 2.10. The molecule has 12 heavy (non-hydrogen) atoms. The second-order valence-corrected chi connectivity index (χ2v) is 3.48. The lowest BCUT2D eigenvalue weighted by atomic mass is 9.95. The predicted molar refractivity (Wildman–Crippen MR) is 56.0 cm³/mol. The lowest BCUT2D eigenvalue weighted by Gasteiger charge is -2.16. The van der Waals surface area contributed by atoms with Crippen LogP contribution in [0.3, 0.4) is 0 Å². The minimum atomic E-state index is 0.168. The molecule has 2 N–H and O–H groups in total. The van der Waals surface area contributed by atoms with Gasteiger partial charge in [0.05, 0.1) is 0 Å². The van der Waals surface area contributed by atoms with E-state index in [9.17, 15) is 0 Å². The fraction of sp³-hybridized carbons (Fsp3) is 0.636. The minimum Gasteiger partial charge on any atom is -0.324 e. The first-order valence-corrected chi connectivity index (χ1v) is 4.65. The van der Waals surface area contributed by atoms with E-state index in [1.807, 2.05) is 6.92 Å². The maximum absolute atomic E-state index is 5.93. The molecule has 0 rings (SSSR count). The highest BCUT2D eigenvalue weighted by Crippen LogP contribution is 2.13. The van der Waals surface area contributed by atoms with Crippen LogP contribution in [0.4, 0.5) is 0 Å². The summed E-state index contributed by atoms with van der Waals surface area (Å²) in [5, 5.41) is 0. The van der Waals surface area contributed by atoms with Crippen LogP contribution in [0.25, 0.3) is 0 Å². The molecule has 0 saturated heterocycles. The van der Waals surface area contributed by atoms with Gasteiger partial charge in [-0.05, 0) is 25.7 Å². The molecule has 0 amide bonds. The minimum absolute atomic E-state index is 0.168. The summed E-state index contributed by atoms with van der Waals surface area (Å²) in [5.41, 5.74) is 7.09. The molecule has 0 bridgehead atoms. The molecule has 0 aliphatic rings. The van der Waals surface area contributed by atoms with Crippen LogP contribution in [0, 0.1) is 5.92 Å². The Balaban J connectivity index is 3.71. The average molecular weight is 167 g/mol. The lowest BCUT2D eigenvalue weighted by Crippen LogP contribution is -2.24. The van der Waals surface area contributed by atoms with E-state index in [2.05, 4.69) is 32.6 Å². The number of allylic oxidation sites excluding steroid dienone is 2. The third kappa shape index (κ3) is 4.35. The van der Waals surface area contributed by atoms with Gasteiger partial charge in [-0.1, -0.05) is 38.2 Å². The van der Waals surface area contributed by atoms with Crippen LogP contribution in [-0.2, 0) is 0 Å². The molecule has 0 fully saturated rings. The Hall–Kier alpha value is -0.560. The zero-order valence-corrected chi connectivity index (χ0v) is 8.51. The SMILES string of the molecule is C=C(C(C)C)C(N)CC/C=C\C. The molecule has 1 nitrogen and oxygen atoms in total. The van der Waals surface area contributed by atoms with Gasteiger partial charge in [0.1, 0.15) is 0 Å². The molecule has 0 aliphatic carbocycles. The second kappa shape index (κ2) is 6.01. The summed E-state index contributed by atoms with van der Waals surface area (Å²) < 4.78 is 0. The molecule has 0 saturated carbocycles. The number of hydrogen-bond acceptors (Lipinski definition) is 1. The van der Waals surface area contributed by atoms with E-state index >= 15 is 0 Å². The maximum Gasteiger partial charge on any atom is 0.0256 e. The standard InChI is InChI=1S/C11H21N/c1-5-6-7-8-11(12)10(4)9(2)3/h5-6,9,11H,4,7-8,12H2,1-3H3/b6-5-. The van der Waals surface area contributed by atoms with Gasteiger partial charge < -0.3 is 5.73 Å². The van der Waals surface area contributed by atoms with Crippen LogP contribution in [0.2, 0.25) is 0 Å². The van der Waals surface area contributed by atoms with E-state index in [-0.39, 0.29) is 6.04 Å². The fourth-order valence-corrected chi connectivity index (χ4v) is 1.06. The van der Waals surface area contributed by atoms with Crippen molar-refractivity contribution < 1.29 is 0 Å². The summed E-state index contributed by atoms with van der Waals surface area (Å²) in [6.07, 6.45) is 6.28. The monoisotopic (exact) mass is 167 g/mol. The van der Waals surface area contributed by atoms with E-state index in [1.165, 1.54) is 5.57 Å². The zero-order valence-electron chi connectivity index (χ0n) is 8.51. The molecule has 0 spiro atoms. The molecular weight excluding hydrogens is 146 g/mol. The molecular formula is C11H21N. The summed E-state index contributed by atoms with van der Waals surface area (Å²) >= 11 is 0. The van der Waals surface area contributed by atoms with Crippen LogP contribution >= 0.6 is 0 Å². The van der Waals surface area contributed by atoms with Crippen LogP contribution in [0.15, 0.2) is 24.3 Å². The Kier molecular flexibility index (Phi) is 5.73. The number of nitrogens with two attached hydrogens (primary N) is 1. The lowest BCUT2D eigenvalue weighted by molar-refractivity contribution is 0.612. The highest BCUT2D eigenvalue weighted by atomic mass is 14.6. The van der Waals surface area contributed by atoms with Crippen LogP contribution in [0.1, 0.15) is 33.6 Å². The number of hydrogen-bond donors (Lipinski definition) is 1. The van der Waals surface area contributed by atoms with E-state index in [0.29, 0.717) is 5.92 Å². The van der Waals surface area contributed by atoms with E-state index in [4.69, 9.17) is 5.73 Å². The average Bonchev–Trinajstić information content (AvgIpc) is 2.03. The summed E-state index contributed by atoms with van der Waals surface area (Å²) in [6.45, 7) is 10.3. The van der Waals surface area contributed by atoms with Gasteiger partial charge in [0.2, 0.25) is 0 Å². The Morgan fingerprint density at radius 1 is 1.50 bits per heavy atom. The van der Waals surface area contributed by atoms with Crippen LogP contribution < -0.4 is 5.73 Å². The molecule has 0 radical (unpaired) electrons. The Morgan fingerprint density at radius 2 is 2.08 bits per heavy atom. The molecule has 0 aromatic rings. The molecule has 0 aromatic heterocycles. The highest BCUT2D eigenvalue weighted by Gasteiger charge is 2.08. The van der Waals surface area contributed by atoms with Gasteiger partial charge in [0, 0.05) is 6.04 Å². The van der Waals surface area contributed by atoms with Crippen LogP contribution in [0.5, 0.6) is 0 Å². The van der Waals surface area contributed by atoms with Gasteiger partial charge in [0.25, 0.3) is 0 Å². The molecule has 0 aliphatic heterocycles. The summed E-state index contributed by atoms with van der Waals surface area (Å²) in [4.78, 5) is 0. The van der Waals surface area contributed by atoms with Crippen LogP contribution in [-0.4, -0.2) is 6.04 Å². The maximum atomic E-state index is 5.93. The van der Waals surface area contributed by atoms with Gasteiger partial charge in [0.15, 0.2) is 0 Å². The van der Waals surface area contributed by atoms with Crippen molar-refractivity contribution in [1.29, 1.82) is 0 Å². The normalized spacial score (nSPS) is 14.1. The van der Waals surface area contributed by atoms with Crippen molar-refractivity contribution in [3.8, 4) is 0 Å². The van der Waals surface area contributed by atoms with Crippen molar-refractivity contribution in [3.63, 3.8) is 0 Å². The highest BCUT2D eigenvalue weighted by molar-refractivity contribution is 5.07. The summed E-state index contributed by atoms with van der Waals surface area (Å²) in [7, 11) is 0. The third-order valence-corrected chi connectivity index (χ3v) is 2.10. The van der Waals surface area contributed by atoms with Crippen molar-refractivity contribution in [2.75, 3.05) is 0 Å². The Morgan fingerprint density at radius 3 is 2.50 bits per heavy atom. The second-order valence-electron chi connectivity index (χ2n) is 3.48. The van der Waals surface area contributed by atoms with Crippen molar-refractivity contribution in [1.82, 2.24) is 0 Å². The zero-order chi connectivity index (χ0) is 9.56. The largest absolute Gasteiger partial charge is 0.324 e.